The lowest BCUT2D eigenvalue weighted by Crippen LogP contribution is -2.28. The van der Waals surface area contributed by atoms with Gasteiger partial charge in [0.25, 0.3) is 0 Å². The summed E-state index contributed by atoms with van der Waals surface area (Å²) in [6, 6.07) is 8.30. The molecular formula is C20H28N2O5. The fourth-order valence-electron chi connectivity index (χ4n) is 3.42. The Labute approximate surface area is 159 Å². The van der Waals surface area contributed by atoms with Crippen molar-refractivity contribution < 1.29 is 23.0 Å². The van der Waals surface area contributed by atoms with Gasteiger partial charge in [0.15, 0.2) is 0 Å². The molecule has 2 aromatic rings. The summed E-state index contributed by atoms with van der Waals surface area (Å²) in [5.41, 5.74) is 0. The van der Waals surface area contributed by atoms with Crippen LogP contribution in [0.2, 0.25) is 0 Å². The van der Waals surface area contributed by atoms with Crippen LogP contribution in [0.15, 0.2) is 33.1 Å². The highest BCUT2D eigenvalue weighted by Crippen LogP contribution is 2.20. The maximum absolute atomic E-state index is 6.09. The smallest absolute Gasteiger partial charge is 0.118 e. The molecule has 6 bridgehead atoms. The molecular weight excluding hydrogens is 348 g/mol. The number of ether oxygens (including phenoxy) is 3. The summed E-state index contributed by atoms with van der Waals surface area (Å²) in [6.45, 7) is 8.23. The van der Waals surface area contributed by atoms with Gasteiger partial charge in [-0.05, 0) is 24.3 Å². The summed E-state index contributed by atoms with van der Waals surface area (Å²) in [7, 11) is 0. The summed E-state index contributed by atoms with van der Waals surface area (Å²) in [5.74, 6) is 3.88. The van der Waals surface area contributed by atoms with E-state index in [9.17, 15) is 0 Å². The topological polar surface area (TPSA) is 60.5 Å². The number of furan rings is 2. The minimum absolute atomic E-state index is 0.595. The molecule has 4 rings (SSSR count). The van der Waals surface area contributed by atoms with Gasteiger partial charge in [-0.2, -0.15) is 0 Å². The zero-order valence-corrected chi connectivity index (χ0v) is 15.7. The first-order chi connectivity index (χ1) is 13.3. The first kappa shape index (κ1) is 18.7. The summed E-state index contributed by atoms with van der Waals surface area (Å²) < 4.78 is 29.2. The third-order valence-corrected chi connectivity index (χ3v) is 4.80. The van der Waals surface area contributed by atoms with Crippen molar-refractivity contribution in [3.05, 3.63) is 47.3 Å². The van der Waals surface area contributed by atoms with Crippen molar-refractivity contribution in [2.45, 2.75) is 26.2 Å². The lowest BCUT2D eigenvalue weighted by Gasteiger charge is -2.22. The molecule has 4 heterocycles. The van der Waals surface area contributed by atoms with Gasteiger partial charge in [0.05, 0.1) is 65.8 Å². The number of hydrogen-bond acceptors (Lipinski definition) is 7. The number of rotatable bonds is 0. The van der Waals surface area contributed by atoms with E-state index in [1.807, 2.05) is 0 Å². The zero-order chi connectivity index (χ0) is 18.3. The van der Waals surface area contributed by atoms with Crippen LogP contribution in [0.3, 0.4) is 0 Å². The Bertz CT molecular complexity index is 599. The van der Waals surface area contributed by atoms with Crippen molar-refractivity contribution >= 4 is 0 Å². The van der Waals surface area contributed by atoms with Crippen LogP contribution < -0.4 is 0 Å². The largest absolute Gasteiger partial charge is 0.463 e. The molecule has 0 saturated carbocycles. The molecule has 0 saturated heterocycles. The van der Waals surface area contributed by atoms with Crippen LogP contribution in [0.5, 0.6) is 0 Å². The van der Waals surface area contributed by atoms with Crippen LogP contribution in [-0.4, -0.2) is 62.5 Å². The molecule has 2 aliphatic rings. The van der Waals surface area contributed by atoms with Crippen molar-refractivity contribution in [2.75, 3.05) is 52.7 Å². The Morgan fingerprint density at radius 3 is 1.19 bits per heavy atom. The predicted octanol–water partition coefficient (Wildman–Crippen LogP) is 2.25. The molecule has 0 amide bonds. The molecule has 148 valence electrons. The molecule has 0 unspecified atom stereocenters. The highest BCUT2D eigenvalue weighted by atomic mass is 16.5. The van der Waals surface area contributed by atoms with Gasteiger partial charge < -0.3 is 23.0 Å². The number of fused-ring (bicyclic) bond motifs is 4. The molecule has 0 spiro atoms. The van der Waals surface area contributed by atoms with Crippen LogP contribution in [0.25, 0.3) is 0 Å². The second-order valence-electron chi connectivity index (χ2n) is 6.99. The van der Waals surface area contributed by atoms with E-state index in [1.165, 1.54) is 0 Å². The number of nitrogens with zero attached hydrogens (tertiary/aromatic N) is 2. The third-order valence-electron chi connectivity index (χ3n) is 4.80. The maximum atomic E-state index is 6.09. The minimum atomic E-state index is 0.595. The van der Waals surface area contributed by atoms with E-state index < -0.39 is 0 Å². The van der Waals surface area contributed by atoms with E-state index in [1.54, 1.807) is 0 Å². The SMILES string of the molecule is c1cc2oc1CN1CCOCCOCCOCCN(C2)Cc2ccc(o2)C1. The van der Waals surface area contributed by atoms with Crippen molar-refractivity contribution in [3.8, 4) is 0 Å². The monoisotopic (exact) mass is 376 g/mol. The molecule has 0 aromatic carbocycles. The average Bonchev–Trinajstić information content (AvgIpc) is 3.27. The van der Waals surface area contributed by atoms with Crippen molar-refractivity contribution in [3.63, 3.8) is 0 Å². The van der Waals surface area contributed by atoms with Crippen molar-refractivity contribution in [2.24, 2.45) is 0 Å². The maximum Gasteiger partial charge on any atom is 0.118 e. The van der Waals surface area contributed by atoms with Gasteiger partial charge in [-0.15, -0.1) is 0 Å². The summed E-state index contributed by atoms with van der Waals surface area (Å²) in [4.78, 5) is 4.59. The Kier molecular flexibility index (Phi) is 6.60. The average molecular weight is 376 g/mol. The van der Waals surface area contributed by atoms with Crippen molar-refractivity contribution in [1.29, 1.82) is 0 Å². The highest BCUT2D eigenvalue weighted by Gasteiger charge is 2.17. The minimum Gasteiger partial charge on any atom is -0.463 e. The Morgan fingerprint density at radius 2 is 0.815 bits per heavy atom. The Hall–Kier alpha value is -1.64. The predicted molar refractivity (Wildman–Crippen MR) is 98.1 cm³/mol. The van der Waals surface area contributed by atoms with E-state index in [4.69, 9.17) is 23.0 Å². The first-order valence-electron chi connectivity index (χ1n) is 9.68. The van der Waals surface area contributed by atoms with Crippen LogP contribution in [0.1, 0.15) is 23.0 Å². The molecule has 2 aliphatic heterocycles. The fourth-order valence-corrected chi connectivity index (χ4v) is 3.42. The Balaban J connectivity index is 1.55. The number of hydrogen-bond donors (Lipinski definition) is 0. The molecule has 7 nitrogen and oxygen atoms in total. The first-order valence-corrected chi connectivity index (χ1v) is 9.68. The van der Waals surface area contributed by atoms with Crippen LogP contribution >= 0.6 is 0 Å². The third kappa shape index (κ3) is 5.67. The molecule has 0 radical (unpaired) electrons. The van der Waals surface area contributed by atoms with Crippen LogP contribution in [0.4, 0.5) is 0 Å². The molecule has 7 heteroatoms. The van der Waals surface area contributed by atoms with Crippen LogP contribution in [-0.2, 0) is 40.4 Å². The van der Waals surface area contributed by atoms with E-state index in [-0.39, 0.29) is 0 Å². The van der Waals surface area contributed by atoms with E-state index in [0.717, 1.165) is 62.3 Å². The van der Waals surface area contributed by atoms with Gasteiger partial charge in [0.2, 0.25) is 0 Å². The van der Waals surface area contributed by atoms with E-state index in [2.05, 4.69) is 34.1 Å². The molecule has 2 aromatic heterocycles. The van der Waals surface area contributed by atoms with Crippen LogP contribution in [0, 0.1) is 0 Å². The molecule has 0 atom stereocenters. The molecule has 27 heavy (non-hydrogen) atoms. The summed E-state index contributed by atoms with van der Waals surface area (Å²) in [5, 5.41) is 0. The van der Waals surface area contributed by atoms with Gasteiger partial charge >= 0.3 is 0 Å². The second-order valence-corrected chi connectivity index (χ2v) is 6.99. The van der Waals surface area contributed by atoms with Crippen molar-refractivity contribution in [1.82, 2.24) is 9.80 Å². The molecule has 0 N–H and O–H groups in total. The highest BCUT2D eigenvalue weighted by molar-refractivity contribution is 5.11. The summed E-state index contributed by atoms with van der Waals surface area (Å²) in [6.07, 6.45) is 0. The molecule has 0 aliphatic carbocycles. The van der Waals surface area contributed by atoms with E-state index >= 15 is 0 Å². The van der Waals surface area contributed by atoms with Gasteiger partial charge in [-0.1, -0.05) is 0 Å². The standard InChI is InChI=1S/C20H28N2O5/c1-2-18-14-22-6-8-24-10-12-25-11-9-23-7-5-21(13-17(1)26-18)15-19-3-4-20(16-22)27-19/h1-4H,5-16H2. The van der Waals surface area contributed by atoms with Gasteiger partial charge in [-0.25, -0.2) is 0 Å². The fraction of sp³-hybridized carbons (Fsp3) is 0.600. The van der Waals surface area contributed by atoms with Gasteiger partial charge in [0, 0.05) is 13.1 Å². The molecule has 0 fully saturated rings. The Morgan fingerprint density at radius 1 is 0.481 bits per heavy atom. The van der Waals surface area contributed by atoms with Gasteiger partial charge in [-0.3, -0.25) is 9.80 Å². The van der Waals surface area contributed by atoms with Gasteiger partial charge in [0.1, 0.15) is 23.0 Å². The summed E-state index contributed by atoms with van der Waals surface area (Å²) >= 11 is 0. The lowest BCUT2D eigenvalue weighted by molar-refractivity contribution is 0.00333. The quantitative estimate of drug-likeness (QED) is 0.699. The zero-order valence-electron chi connectivity index (χ0n) is 15.7. The normalized spacial score (nSPS) is 25.8. The lowest BCUT2D eigenvalue weighted by atomic mass is 10.3. The van der Waals surface area contributed by atoms with E-state index in [0.29, 0.717) is 39.6 Å². The second kappa shape index (κ2) is 9.52.